The summed E-state index contributed by atoms with van der Waals surface area (Å²) in [6.45, 7) is 1.42. The van der Waals surface area contributed by atoms with Crippen LogP contribution in [0.15, 0.2) is 23.0 Å². The van der Waals surface area contributed by atoms with Crippen LogP contribution >= 0.6 is 0 Å². The fourth-order valence-electron chi connectivity index (χ4n) is 6.81. The van der Waals surface area contributed by atoms with Gasteiger partial charge in [-0.2, -0.15) is 0 Å². The molecule has 1 aromatic rings. The number of carbonyl (C=O) groups is 1. The van der Waals surface area contributed by atoms with Crippen LogP contribution in [0.25, 0.3) is 0 Å². The first-order valence-electron chi connectivity index (χ1n) is 9.85. The summed E-state index contributed by atoms with van der Waals surface area (Å²) in [4.78, 5) is 13.2. The van der Waals surface area contributed by atoms with Crippen LogP contribution in [0.3, 0.4) is 0 Å². The largest absolute Gasteiger partial charge is 0.472 e. The number of rotatable bonds is 3. The summed E-state index contributed by atoms with van der Waals surface area (Å²) in [6.07, 6.45) is 1.76. The van der Waals surface area contributed by atoms with Gasteiger partial charge in [0.15, 0.2) is 5.79 Å². The number of cyclic esters (lactones) is 1. The lowest BCUT2D eigenvalue weighted by molar-refractivity contribution is -0.354. The van der Waals surface area contributed by atoms with Gasteiger partial charge in [0.05, 0.1) is 42.2 Å². The van der Waals surface area contributed by atoms with Gasteiger partial charge >= 0.3 is 5.97 Å². The molecule has 8 nitrogen and oxygen atoms in total. The van der Waals surface area contributed by atoms with Crippen LogP contribution in [0.1, 0.15) is 44.3 Å². The summed E-state index contributed by atoms with van der Waals surface area (Å²) in [5, 5.41) is 44.3. The summed E-state index contributed by atoms with van der Waals surface area (Å²) >= 11 is 0. The molecule has 0 aromatic carbocycles. The van der Waals surface area contributed by atoms with E-state index in [1.807, 2.05) is 6.92 Å². The Morgan fingerprint density at radius 2 is 2.07 bits per heavy atom. The van der Waals surface area contributed by atoms with Crippen molar-refractivity contribution in [2.45, 2.75) is 56.2 Å². The molecule has 0 radical (unpaired) electrons. The fourth-order valence-corrected chi connectivity index (χ4v) is 6.81. The Kier molecular flexibility index (Phi) is 3.70. The molecule has 3 heterocycles. The molecule has 2 saturated heterocycles. The van der Waals surface area contributed by atoms with E-state index in [1.54, 1.807) is 6.07 Å². The molecule has 2 aliphatic carbocycles. The van der Waals surface area contributed by atoms with E-state index in [9.17, 15) is 25.2 Å². The first-order valence-corrected chi connectivity index (χ1v) is 9.85. The highest BCUT2D eigenvalue weighted by molar-refractivity contribution is 5.80. The molecular formula is C20H26O8. The van der Waals surface area contributed by atoms with Gasteiger partial charge in [0.25, 0.3) is 0 Å². The van der Waals surface area contributed by atoms with Crippen LogP contribution in [-0.2, 0) is 14.3 Å². The molecule has 4 aliphatic rings. The van der Waals surface area contributed by atoms with Crippen LogP contribution in [0, 0.1) is 22.7 Å². The van der Waals surface area contributed by atoms with Crippen LogP contribution in [0.2, 0.25) is 0 Å². The maximum Gasteiger partial charge on any atom is 0.312 e. The van der Waals surface area contributed by atoms with E-state index in [2.05, 4.69) is 0 Å². The lowest BCUT2D eigenvalue weighted by Gasteiger charge is -2.67. The van der Waals surface area contributed by atoms with Gasteiger partial charge in [0.2, 0.25) is 0 Å². The molecule has 8 heteroatoms. The zero-order chi connectivity index (χ0) is 19.9. The topological polar surface area (TPSA) is 130 Å². The summed E-state index contributed by atoms with van der Waals surface area (Å²) in [7, 11) is 0. The monoisotopic (exact) mass is 394 g/mol. The van der Waals surface area contributed by atoms with Crippen LogP contribution in [0.5, 0.6) is 0 Å². The zero-order valence-electron chi connectivity index (χ0n) is 15.7. The van der Waals surface area contributed by atoms with Gasteiger partial charge < -0.3 is 34.3 Å². The second-order valence-corrected chi connectivity index (χ2v) is 9.11. The lowest BCUT2D eigenvalue weighted by atomic mass is 9.40. The molecule has 1 spiro atoms. The van der Waals surface area contributed by atoms with Crippen molar-refractivity contribution < 1.29 is 39.1 Å². The molecule has 2 aliphatic heterocycles. The number of carbonyl (C=O) groups excluding carboxylic acids is 1. The molecule has 4 fully saturated rings. The molecule has 5 rings (SSSR count). The predicted octanol–water partition coefficient (Wildman–Crippen LogP) is 0.493. The number of aliphatic hydroxyl groups excluding tert-OH is 2. The highest BCUT2D eigenvalue weighted by Crippen LogP contribution is 2.73. The molecule has 154 valence electrons. The van der Waals surface area contributed by atoms with E-state index in [4.69, 9.17) is 13.9 Å². The van der Waals surface area contributed by atoms with Gasteiger partial charge in [-0.15, -0.1) is 0 Å². The molecule has 28 heavy (non-hydrogen) atoms. The van der Waals surface area contributed by atoms with E-state index >= 15 is 0 Å². The summed E-state index contributed by atoms with van der Waals surface area (Å²) in [6, 6.07) is 1.65. The van der Waals surface area contributed by atoms with E-state index in [-0.39, 0.29) is 38.4 Å². The third-order valence-electron chi connectivity index (χ3n) is 8.23. The minimum atomic E-state index is -1.71. The lowest BCUT2D eigenvalue weighted by Crippen LogP contribution is -2.78. The molecule has 8 atom stereocenters. The van der Waals surface area contributed by atoms with Gasteiger partial charge in [0, 0.05) is 12.0 Å². The van der Waals surface area contributed by atoms with Gasteiger partial charge in [-0.25, -0.2) is 0 Å². The van der Waals surface area contributed by atoms with Crippen molar-refractivity contribution in [2.75, 3.05) is 13.2 Å². The first kappa shape index (κ1) is 18.6. The Morgan fingerprint density at radius 3 is 2.79 bits per heavy atom. The number of ether oxygens (including phenoxy) is 2. The average Bonchev–Trinajstić information content (AvgIpc) is 3.26. The fraction of sp³-hybridized carbons (Fsp3) is 0.750. The summed E-state index contributed by atoms with van der Waals surface area (Å²) in [5.41, 5.74) is -3.59. The van der Waals surface area contributed by atoms with Gasteiger partial charge in [0.1, 0.15) is 12.2 Å². The maximum atomic E-state index is 13.2. The maximum absolute atomic E-state index is 13.2. The molecule has 0 amide bonds. The normalized spacial score (nSPS) is 50.8. The Bertz CT molecular complexity index is 794. The molecule has 2 bridgehead atoms. The van der Waals surface area contributed by atoms with Crippen molar-refractivity contribution in [2.24, 2.45) is 22.7 Å². The number of hydrogen-bond acceptors (Lipinski definition) is 8. The number of aliphatic hydroxyl groups is 4. The number of esters is 1. The van der Waals surface area contributed by atoms with Crippen molar-refractivity contribution in [3.8, 4) is 0 Å². The highest BCUT2D eigenvalue weighted by Gasteiger charge is 2.84. The first-order chi connectivity index (χ1) is 13.2. The zero-order valence-corrected chi connectivity index (χ0v) is 15.7. The predicted molar refractivity (Wildman–Crippen MR) is 92.5 cm³/mol. The van der Waals surface area contributed by atoms with Gasteiger partial charge in [-0.1, -0.05) is 6.92 Å². The van der Waals surface area contributed by atoms with Gasteiger partial charge in [-0.05, 0) is 37.2 Å². The summed E-state index contributed by atoms with van der Waals surface area (Å²) in [5.74, 6) is -2.97. The van der Waals surface area contributed by atoms with Crippen molar-refractivity contribution >= 4 is 5.97 Å². The van der Waals surface area contributed by atoms with E-state index in [0.717, 1.165) is 0 Å². The van der Waals surface area contributed by atoms with Crippen molar-refractivity contribution in [1.82, 2.24) is 0 Å². The Hall–Kier alpha value is -1.45. The molecular weight excluding hydrogens is 368 g/mol. The standard InChI is InChI=1S/C20H26O8/c1-11-6-20(25)18-9-27-16(23)17(11,7-13(21)12-4-5-26-8-12)14(18)2-3-15(22)19(18,24)10-28-20/h4-5,8,11,13-15,21-22,24-25H,2-3,6-7,9-10H2,1H3/t11-,13+,14-,15+,17-,18-,19-,20-/m1/s1. The minimum Gasteiger partial charge on any atom is -0.472 e. The quantitative estimate of drug-likeness (QED) is 0.545. The Balaban J connectivity index is 1.66. The van der Waals surface area contributed by atoms with Crippen LogP contribution in [0.4, 0.5) is 0 Å². The van der Waals surface area contributed by atoms with E-state index < -0.39 is 46.3 Å². The molecule has 4 N–H and O–H groups in total. The Labute approximate surface area is 162 Å². The van der Waals surface area contributed by atoms with Crippen molar-refractivity contribution in [3.05, 3.63) is 24.2 Å². The van der Waals surface area contributed by atoms with E-state index in [0.29, 0.717) is 12.0 Å². The van der Waals surface area contributed by atoms with Crippen LogP contribution < -0.4 is 0 Å². The third-order valence-corrected chi connectivity index (χ3v) is 8.23. The smallest absolute Gasteiger partial charge is 0.312 e. The second-order valence-electron chi connectivity index (χ2n) is 9.11. The average molecular weight is 394 g/mol. The SMILES string of the molecule is C[C@@H]1C[C@@]2(O)OC[C@@]3(O)[C@@H](O)CC[C@@H]4[C@]1(C[C@H](O)c1ccoc1)C(=O)OC[C@]423. The molecule has 1 aromatic heterocycles. The molecule has 0 unspecified atom stereocenters. The highest BCUT2D eigenvalue weighted by atomic mass is 16.7. The minimum absolute atomic E-state index is 0.0845. The number of hydrogen-bond donors (Lipinski definition) is 4. The second kappa shape index (κ2) is 5.58. The van der Waals surface area contributed by atoms with Crippen LogP contribution in [-0.4, -0.2) is 57.1 Å². The van der Waals surface area contributed by atoms with Gasteiger partial charge in [-0.3, -0.25) is 4.79 Å². The number of furan rings is 1. The molecule has 2 saturated carbocycles. The van der Waals surface area contributed by atoms with E-state index in [1.165, 1.54) is 12.5 Å². The Morgan fingerprint density at radius 1 is 1.29 bits per heavy atom. The van der Waals surface area contributed by atoms with Crippen molar-refractivity contribution in [1.29, 1.82) is 0 Å². The summed E-state index contributed by atoms with van der Waals surface area (Å²) < 4.78 is 16.4. The third kappa shape index (κ3) is 1.86. The van der Waals surface area contributed by atoms with Crippen molar-refractivity contribution in [3.63, 3.8) is 0 Å².